The Hall–Kier alpha value is -0.730. The van der Waals surface area contributed by atoms with E-state index in [1.165, 1.54) is 0 Å². The average Bonchev–Trinajstić information content (AvgIpc) is 2.48. The molecule has 0 saturated carbocycles. The van der Waals surface area contributed by atoms with Crippen LogP contribution in [0.1, 0.15) is 27.2 Å². The molecule has 0 spiro atoms. The largest absolute Gasteiger partial charge is 0.341 e. The number of carbonyl (C=O) groups is 1. The van der Waals surface area contributed by atoms with Crippen molar-refractivity contribution >= 4 is 6.03 Å². The normalized spacial score (nSPS) is 28.2. The second kappa shape index (κ2) is 3.56. The first-order chi connectivity index (χ1) is 5.99. The van der Waals surface area contributed by atoms with Gasteiger partial charge in [0.2, 0.25) is 0 Å². The SMILES string of the molecule is CNC(=O)N1CC[C@@](C)(C(C)C)C1. The highest BCUT2D eigenvalue weighted by molar-refractivity contribution is 5.74. The standard InChI is InChI=1S/C10H20N2O/c1-8(2)10(3)5-6-12(7-10)9(13)11-4/h8H,5-7H2,1-4H3,(H,11,13)/t10-/m1/s1. The summed E-state index contributed by atoms with van der Waals surface area (Å²) >= 11 is 0. The maximum atomic E-state index is 11.3. The Morgan fingerprint density at radius 1 is 1.54 bits per heavy atom. The first-order valence-electron chi connectivity index (χ1n) is 4.96. The molecule has 0 aromatic heterocycles. The van der Waals surface area contributed by atoms with E-state index in [1.54, 1.807) is 7.05 Å². The van der Waals surface area contributed by atoms with E-state index in [-0.39, 0.29) is 6.03 Å². The van der Waals surface area contributed by atoms with Crippen LogP contribution in [-0.2, 0) is 0 Å². The predicted octanol–water partition coefficient (Wildman–Crippen LogP) is 1.69. The molecule has 1 aliphatic heterocycles. The van der Waals surface area contributed by atoms with E-state index >= 15 is 0 Å². The van der Waals surface area contributed by atoms with Gasteiger partial charge in [0, 0.05) is 20.1 Å². The summed E-state index contributed by atoms with van der Waals surface area (Å²) in [7, 11) is 1.69. The molecule has 1 rings (SSSR count). The van der Waals surface area contributed by atoms with Gasteiger partial charge >= 0.3 is 6.03 Å². The second-order valence-corrected chi connectivity index (χ2v) is 4.54. The van der Waals surface area contributed by atoms with Gasteiger partial charge in [-0.05, 0) is 17.8 Å². The van der Waals surface area contributed by atoms with Gasteiger partial charge in [0.05, 0.1) is 0 Å². The molecular weight excluding hydrogens is 164 g/mol. The van der Waals surface area contributed by atoms with Crippen molar-refractivity contribution in [2.45, 2.75) is 27.2 Å². The molecule has 1 aliphatic rings. The molecule has 1 N–H and O–H groups in total. The number of nitrogens with one attached hydrogen (secondary N) is 1. The Bertz CT molecular complexity index is 203. The van der Waals surface area contributed by atoms with E-state index in [4.69, 9.17) is 0 Å². The van der Waals surface area contributed by atoms with Crippen LogP contribution >= 0.6 is 0 Å². The minimum Gasteiger partial charge on any atom is -0.341 e. The second-order valence-electron chi connectivity index (χ2n) is 4.54. The molecule has 13 heavy (non-hydrogen) atoms. The van der Waals surface area contributed by atoms with E-state index in [0.29, 0.717) is 11.3 Å². The molecule has 0 bridgehead atoms. The first-order valence-corrected chi connectivity index (χ1v) is 4.96. The molecule has 0 radical (unpaired) electrons. The maximum absolute atomic E-state index is 11.3. The number of hydrogen-bond donors (Lipinski definition) is 1. The number of rotatable bonds is 1. The zero-order chi connectivity index (χ0) is 10.1. The summed E-state index contributed by atoms with van der Waals surface area (Å²) in [5, 5.41) is 2.67. The third kappa shape index (κ3) is 1.95. The summed E-state index contributed by atoms with van der Waals surface area (Å²) in [5.74, 6) is 0.641. The molecule has 0 aromatic rings. The van der Waals surface area contributed by atoms with Crippen LogP contribution in [0.25, 0.3) is 0 Å². The van der Waals surface area contributed by atoms with Crippen LogP contribution in [0.3, 0.4) is 0 Å². The van der Waals surface area contributed by atoms with Crippen molar-refractivity contribution in [3.05, 3.63) is 0 Å². The van der Waals surface area contributed by atoms with E-state index < -0.39 is 0 Å². The molecular formula is C10H20N2O. The smallest absolute Gasteiger partial charge is 0.317 e. The van der Waals surface area contributed by atoms with Crippen molar-refractivity contribution in [2.24, 2.45) is 11.3 Å². The lowest BCUT2D eigenvalue weighted by Gasteiger charge is -2.28. The van der Waals surface area contributed by atoms with Gasteiger partial charge in [-0.1, -0.05) is 20.8 Å². The fourth-order valence-corrected chi connectivity index (χ4v) is 1.79. The van der Waals surface area contributed by atoms with Gasteiger partial charge in [-0.3, -0.25) is 0 Å². The third-order valence-corrected chi connectivity index (χ3v) is 3.40. The lowest BCUT2D eigenvalue weighted by atomic mass is 9.79. The van der Waals surface area contributed by atoms with E-state index in [9.17, 15) is 4.79 Å². The van der Waals surface area contributed by atoms with E-state index in [2.05, 4.69) is 26.1 Å². The van der Waals surface area contributed by atoms with E-state index in [0.717, 1.165) is 19.5 Å². The monoisotopic (exact) mass is 184 g/mol. The Labute approximate surface area is 80.5 Å². The topological polar surface area (TPSA) is 32.3 Å². The van der Waals surface area contributed by atoms with Crippen LogP contribution in [0.5, 0.6) is 0 Å². The van der Waals surface area contributed by atoms with Crippen molar-refractivity contribution in [2.75, 3.05) is 20.1 Å². The number of carbonyl (C=O) groups excluding carboxylic acids is 1. The fourth-order valence-electron chi connectivity index (χ4n) is 1.79. The van der Waals surface area contributed by atoms with Crippen LogP contribution in [0.15, 0.2) is 0 Å². The van der Waals surface area contributed by atoms with Crippen LogP contribution in [0.4, 0.5) is 4.79 Å². The summed E-state index contributed by atoms with van der Waals surface area (Å²) < 4.78 is 0. The molecule has 76 valence electrons. The van der Waals surface area contributed by atoms with Gasteiger partial charge in [-0.15, -0.1) is 0 Å². The Morgan fingerprint density at radius 3 is 2.54 bits per heavy atom. The highest BCUT2D eigenvalue weighted by Gasteiger charge is 2.37. The van der Waals surface area contributed by atoms with Crippen molar-refractivity contribution in [3.63, 3.8) is 0 Å². The quantitative estimate of drug-likeness (QED) is 0.661. The number of hydrogen-bond acceptors (Lipinski definition) is 1. The number of amides is 2. The number of urea groups is 1. The summed E-state index contributed by atoms with van der Waals surface area (Å²) in [4.78, 5) is 13.2. The summed E-state index contributed by atoms with van der Waals surface area (Å²) in [5.41, 5.74) is 0.312. The van der Waals surface area contributed by atoms with Crippen molar-refractivity contribution in [3.8, 4) is 0 Å². The highest BCUT2D eigenvalue weighted by Crippen LogP contribution is 2.36. The zero-order valence-electron chi connectivity index (χ0n) is 9.05. The van der Waals surface area contributed by atoms with Gasteiger partial charge in [0.15, 0.2) is 0 Å². The molecule has 1 saturated heterocycles. The maximum Gasteiger partial charge on any atom is 0.317 e. The van der Waals surface area contributed by atoms with Gasteiger partial charge in [0.25, 0.3) is 0 Å². The number of nitrogens with zero attached hydrogens (tertiary/aromatic N) is 1. The molecule has 1 heterocycles. The molecule has 3 nitrogen and oxygen atoms in total. The molecule has 0 aromatic carbocycles. The summed E-state index contributed by atoms with van der Waals surface area (Å²) in [6, 6.07) is 0.0596. The van der Waals surface area contributed by atoms with Crippen LogP contribution < -0.4 is 5.32 Å². The van der Waals surface area contributed by atoms with Crippen LogP contribution in [-0.4, -0.2) is 31.1 Å². The van der Waals surface area contributed by atoms with Crippen molar-refractivity contribution < 1.29 is 4.79 Å². The lowest BCUT2D eigenvalue weighted by molar-refractivity contribution is 0.190. The van der Waals surface area contributed by atoms with Gasteiger partial charge in [-0.25, -0.2) is 4.79 Å². The van der Waals surface area contributed by atoms with E-state index in [1.807, 2.05) is 4.90 Å². The molecule has 0 unspecified atom stereocenters. The van der Waals surface area contributed by atoms with Gasteiger partial charge < -0.3 is 10.2 Å². The molecule has 0 aliphatic carbocycles. The van der Waals surface area contributed by atoms with Gasteiger partial charge in [-0.2, -0.15) is 0 Å². The van der Waals surface area contributed by atoms with Crippen LogP contribution in [0, 0.1) is 11.3 Å². The first kappa shape index (κ1) is 10.4. The Morgan fingerprint density at radius 2 is 2.15 bits per heavy atom. The predicted molar refractivity (Wildman–Crippen MR) is 53.6 cm³/mol. The Balaban J connectivity index is 2.58. The minimum atomic E-state index is 0.0596. The molecule has 1 atom stereocenters. The van der Waals surface area contributed by atoms with Crippen molar-refractivity contribution in [1.29, 1.82) is 0 Å². The molecule has 3 heteroatoms. The van der Waals surface area contributed by atoms with Gasteiger partial charge in [0.1, 0.15) is 0 Å². The lowest BCUT2D eigenvalue weighted by Crippen LogP contribution is -2.38. The third-order valence-electron chi connectivity index (χ3n) is 3.40. The summed E-state index contributed by atoms with van der Waals surface area (Å²) in [6.45, 7) is 8.51. The fraction of sp³-hybridized carbons (Fsp3) is 0.900. The highest BCUT2D eigenvalue weighted by atomic mass is 16.2. The average molecular weight is 184 g/mol. The van der Waals surface area contributed by atoms with Crippen LogP contribution in [0.2, 0.25) is 0 Å². The molecule has 2 amide bonds. The number of likely N-dealkylation sites (tertiary alicyclic amines) is 1. The Kier molecular flexibility index (Phi) is 2.84. The minimum absolute atomic E-state index is 0.0596. The molecule has 1 fully saturated rings. The summed E-state index contributed by atoms with van der Waals surface area (Å²) in [6.07, 6.45) is 1.12. The van der Waals surface area contributed by atoms with Crippen molar-refractivity contribution in [1.82, 2.24) is 10.2 Å². The zero-order valence-corrected chi connectivity index (χ0v) is 9.05.